The number of carbonyl (C=O) groups is 2. The molecule has 2 amide bonds. The van der Waals surface area contributed by atoms with Gasteiger partial charge in [-0.25, -0.2) is 9.97 Å². The lowest BCUT2D eigenvalue weighted by atomic mass is 9.89. The highest BCUT2D eigenvalue weighted by Crippen LogP contribution is 2.34. The van der Waals surface area contributed by atoms with Gasteiger partial charge in [-0.15, -0.1) is 0 Å². The van der Waals surface area contributed by atoms with Gasteiger partial charge in [0.25, 0.3) is 5.91 Å². The number of fused-ring (bicyclic) bond motifs is 2. The normalized spacial score (nSPS) is 25.5. The van der Waals surface area contributed by atoms with E-state index in [2.05, 4.69) is 34.4 Å². The molecule has 25 heavy (non-hydrogen) atoms. The fourth-order valence-electron chi connectivity index (χ4n) is 4.17. The number of carbonyl (C=O) groups excluding carboxylic acids is 2. The summed E-state index contributed by atoms with van der Waals surface area (Å²) in [6.07, 6.45) is 2.11. The van der Waals surface area contributed by atoms with Crippen LogP contribution >= 0.6 is 0 Å². The predicted molar refractivity (Wildman–Crippen MR) is 93.4 cm³/mol. The van der Waals surface area contributed by atoms with E-state index in [-0.39, 0.29) is 11.8 Å². The van der Waals surface area contributed by atoms with E-state index in [1.165, 1.54) is 0 Å². The molecule has 1 aromatic rings. The van der Waals surface area contributed by atoms with Crippen molar-refractivity contribution in [2.45, 2.75) is 33.1 Å². The second-order valence-corrected chi connectivity index (χ2v) is 7.83. The molecule has 3 aliphatic rings. The lowest BCUT2D eigenvalue weighted by Gasteiger charge is -2.25. The lowest BCUT2D eigenvalue weighted by molar-refractivity contribution is -0.124. The summed E-state index contributed by atoms with van der Waals surface area (Å²) in [6.45, 7) is 7.36. The van der Waals surface area contributed by atoms with Crippen LogP contribution in [0.2, 0.25) is 0 Å². The van der Waals surface area contributed by atoms with Crippen molar-refractivity contribution in [3.8, 4) is 0 Å². The van der Waals surface area contributed by atoms with Crippen molar-refractivity contribution in [2.75, 3.05) is 31.1 Å². The van der Waals surface area contributed by atoms with Crippen LogP contribution in [0.5, 0.6) is 0 Å². The van der Waals surface area contributed by atoms with Gasteiger partial charge in [-0.1, -0.05) is 13.8 Å². The van der Waals surface area contributed by atoms with Gasteiger partial charge in [0.15, 0.2) is 0 Å². The number of nitrogens with zero attached hydrogens (tertiary/aromatic N) is 3. The van der Waals surface area contributed by atoms with Gasteiger partial charge >= 0.3 is 0 Å². The third kappa shape index (κ3) is 3.07. The summed E-state index contributed by atoms with van der Waals surface area (Å²) in [5.74, 6) is 2.98. The summed E-state index contributed by atoms with van der Waals surface area (Å²) in [4.78, 5) is 35.7. The minimum absolute atomic E-state index is 0.0941. The Kier molecular flexibility index (Phi) is 4.09. The van der Waals surface area contributed by atoms with Gasteiger partial charge in [0.1, 0.15) is 17.3 Å². The Balaban J connectivity index is 1.69. The molecule has 134 valence electrons. The highest BCUT2D eigenvalue weighted by Gasteiger charge is 2.39. The summed E-state index contributed by atoms with van der Waals surface area (Å²) < 4.78 is 0. The summed E-state index contributed by atoms with van der Waals surface area (Å²) in [5.41, 5.74) is 1.50. The first-order valence-corrected chi connectivity index (χ1v) is 9.21. The molecule has 2 atom stereocenters. The lowest BCUT2D eigenvalue weighted by Crippen LogP contribution is -2.40. The van der Waals surface area contributed by atoms with Crippen molar-refractivity contribution in [1.29, 1.82) is 0 Å². The molecule has 4 rings (SSSR count). The number of nitrogens with one attached hydrogen (secondary N) is 2. The second kappa shape index (κ2) is 6.28. The molecule has 0 spiro atoms. The first kappa shape index (κ1) is 16.3. The van der Waals surface area contributed by atoms with Crippen LogP contribution in [0.25, 0.3) is 0 Å². The van der Waals surface area contributed by atoms with Crippen LogP contribution in [0.1, 0.15) is 42.1 Å². The Morgan fingerprint density at radius 3 is 2.76 bits per heavy atom. The first-order valence-electron chi connectivity index (χ1n) is 9.21. The molecule has 0 bridgehead atoms. The van der Waals surface area contributed by atoms with Gasteiger partial charge in [-0.2, -0.15) is 0 Å². The molecule has 2 saturated heterocycles. The maximum absolute atomic E-state index is 12.3. The monoisotopic (exact) mass is 343 g/mol. The van der Waals surface area contributed by atoms with E-state index in [1.54, 1.807) is 0 Å². The average Bonchev–Trinajstić information content (AvgIpc) is 2.97. The Labute approximate surface area is 147 Å². The molecule has 0 aromatic carbocycles. The van der Waals surface area contributed by atoms with Gasteiger partial charge in [-0.3, -0.25) is 9.59 Å². The van der Waals surface area contributed by atoms with Gasteiger partial charge in [0.05, 0.1) is 0 Å². The number of piperidine rings is 1. The molecule has 1 aromatic heterocycles. The van der Waals surface area contributed by atoms with Crippen LogP contribution in [0, 0.1) is 17.8 Å². The van der Waals surface area contributed by atoms with Crippen molar-refractivity contribution in [3.05, 3.63) is 17.1 Å². The van der Waals surface area contributed by atoms with E-state index in [4.69, 9.17) is 4.98 Å². The molecule has 0 radical (unpaired) electrons. The zero-order chi connectivity index (χ0) is 17.6. The Hall–Kier alpha value is -2.18. The van der Waals surface area contributed by atoms with Crippen molar-refractivity contribution in [3.63, 3.8) is 0 Å². The minimum Gasteiger partial charge on any atom is -0.356 e. The number of hydrogen-bond donors (Lipinski definition) is 2. The highest BCUT2D eigenvalue weighted by atomic mass is 16.2. The third-order valence-electron chi connectivity index (χ3n) is 5.38. The average molecular weight is 343 g/mol. The topological polar surface area (TPSA) is 87.2 Å². The van der Waals surface area contributed by atoms with Crippen molar-refractivity contribution in [2.24, 2.45) is 17.8 Å². The first-order chi connectivity index (χ1) is 12.0. The standard InChI is InChI=1S/C18H25N5O2/c1-10(2)5-14-21-16-13(3-4-19-18(16)25)17(22-14)23-8-11-6-15(24)20-7-12(11)9-23/h10-12H,3-9H2,1-2H3,(H,19,25)(H,20,24)/t11-,12+/m1/s1. The van der Waals surface area contributed by atoms with Gasteiger partial charge in [0.2, 0.25) is 5.91 Å². The quantitative estimate of drug-likeness (QED) is 0.836. The largest absolute Gasteiger partial charge is 0.356 e. The Bertz CT molecular complexity index is 718. The van der Waals surface area contributed by atoms with Crippen molar-refractivity contribution < 1.29 is 9.59 Å². The zero-order valence-electron chi connectivity index (χ0n) is 14.8. The maximum atomic E-state index is 12.3. The molecule has 2 fully saturated rings. The van der Waals surface area contributed by atoms with Crippen LogP contribution in [0.3, 0.4) is 0 Å². The third-order valence-corrected chi connectivity index (χ3v) is 5.38. The summed E-state index contributed by atoms with van der Waals surface area (Å²) in [5, 5.41) is 5.86. The van der Waals surface area contributed by atoms with Crippen LogP contribution in [-0.2, 0) is 17.6 Å². The summed E-state index contributed by atoms with van der Waals surface area (Å²) in [6, 6.07) is 0. The molecule has 0 saturated carbocycles. The van der Waals surface area contributed by atoms with E-state index in [1.807, 2.05) is 0 Å². The Morgan fingerprint density at radius 1 is 1.16 bits per heavy atom. The second-order valence-electron chi connectivity index (χ2n) is 7.83. The SMILES string of the molecule is CC(C)Cc1nc2c(c(N3C[C@H]4CC(=O)NC[C@H]4C3)n1)CCNC2=O. The molecule has 7 heteroatoms. The molecular formula is C18H25N5O2. The summed E-state index contributed by atoms with van der Waals surface area (Å²) >= 11 is 0. The number of hydrogen-bond acceptors (Lipinski definition) is 5. The molecule has 0 aliphatic carbocycles. The van der Waals surface area contributed by atoms with Crippen LogP contribution in [-0.4, -0.2) is 48.0 Å². The van der Waals surface area contributed by atoms with Gasteiger partial charge in [-0.05, 0) is 24.2 Å². The smallest absolute Gasteiger partial charge is 0.270 e. The fourth-order valence-corrected chi connectivity index (χ4v) is 4.17. The number of rotatable bonds is 3. The van der Waals surface area contributed by atoms with Crippen LogP contribution < -0.4 is 15.5 Å². The highest BCUT2D eigenvalue weighted by molar-refractivity contribution is 5.96. The molecule has 2 N–H and O–H groups in total. The minimum atomic E-state index is -0.0941. The number of amides is 2. The van der Waals surface area contributed by atoms with Crippen LogP contribution in [0.15, 0.2) is 0 Å². The predicted octanol–water partition coefficient (Wildman–Crippen LogP) is 0.533. The number of aromatic nitrogens is 2. The van der Waals surface area contributed by atoms with Crippen molar-refractivity contribution >= 4 is 17.6 Å². The molecule has 4 heterocycles. The van der Waals surface area contributed by atoms with E-state index in [9.17, 15) is 9.59 Å². The fraction of sp³-hybridized carbons (Fsp3) is 0.667. The molecule has 3 aliphatic heterocycles. The van der Waals surface area contributed by atoms with Gasteiger partial charge < -0.3 is 15.5 Å². The molecule has 7 nitrogen and oxygen atoms in total. The maximum Gasteiger partial charge on any atom is 0.270 e. The molecule has 0 unspecified atom stereocenters. The van der Waals surface area contributed by atoms with E-state index < -0.39 is 0 Å². The van der Waals surface area contributed by atoms with E-state index in [0.717, 1.165) is 49.7 Å². The van der Waals surface area contributed by atoms with Crippen molar-refractivity contribution in [1.82, 2.24) is 20.6 Å². The van der Waals surface area contributed by atoms with Crippen LogP contribution in [0.4, 0.5) is 5.82 Å². The Morgan fingerprint density at radius 2 is 1.96 bits per heavy atom. The van der Waals surface area contributed by atoms with E-state index >= 15 is 0 Å². The summed E-state index contributed by atoms with van der Waals surface area (Å²) in [7, 11) is 0. The van der Waals surface area contributed by atoms with E-state index in [0.29, 0.717) is 36.4 Å². The zero-order valence-corrected chi connectivity index (χ0v) is 14.8. The molecular weight excluding hydrogens is 318 g/mol. The van der Waals surface area contributed by atoms with Gasteiger partial charge in [0, 0.05) is 44.6 Å². The number of anilines is 1.